The van der Waals surface area contributed by atoms with Gasteiger partial charge in [0.2, 0.25) is 0 Å². The number of imidazole rings is 1. The van der Waals surface area contributed by atoms with Crippen molar-refractivity contribution in [2.45, 2.75) is 27.7 Å². The molecule has 2 aromatic heterocycles. The van der Waals surface area contributed by atoms with Gasteiger partial charge in [-0.15, -0.1) is 0 Å². The first-order valence-corrected chi connectivity index (χ1v) is 4.52. The van der Waals surface area contributed by atoms with E-state index in [4.69, 9.17) is 0 Å². The zero-order valence-corrected chi connectivity index (χ0v) is 8.55. The van der Waals surface area contributed by atoms with Crippen LogP contribution in [0.5, 0.6) is 0 Å². The molecule has 0 aliphatic rings. The Morgan fingerprint density at radius 1 is 1.00 bits per heavy atom. The van der Waals surface area contributed by atoms with Crippen LogP contribution in [0.4, 0.5) is 0 Å². The molecule has 2 heterocycles. The molecule has 0 unspecified atom stereocenters. The van der Waals surface area contributed by atoms with E-state index in [1.165, 1.54) is 22.4 Å². The van der Waals surface area contributed by atoms with E-state index in [1.807, 2.05) is 12.4 Å². The summed E-state index contributed by atoms with van der Waals surface area (Å²) in [5.74, 6) is 0. The summed E-state index contributed by atoms with van der Waals surface area (Å²) in [5, 5.41) is 0. The molecule has 0 aromatic carbocycles. The molecule has 0 amide bonds. The standard InChI is InChI=1S/C11H14N2/c1-7-8(2)10(4)13-6-5-12-11(13)9(7)3/h5-6H,1-4H3. The Morgan fingerprint density at radius 2 is 1.69 bits per heavy atom. The molecule has 0 spiro atoms. The molecule has 2 nitrogen and oxygen atoms in total. The fraction of sp³-hybridized carbons (Fsp3) is 0.364. The van der Waals surface area contributed by atoms with Crippen LogP contribution in [0.1, 0.15) is 22.4 Å². The topological polar surface area (TPSA) is 17.3 Å². The van der Waals surface area contributed by atoms with Gasteiger partial charge in [-0.05, 0) is 44.4 Å². The second-order valence-electron chi connectivity index (χ2n) is 3.58. The number of aromatic nitrogens is 2. The van der Waals surface area contributed by atoms with Gasteiger partial charge in [-0.25, -0.2) is 4.98 Å². The minimum atomic E-state index is 1.08. The summed E-state index contributed by atoms with van der Waals surface area (Å²) in [6.45, 7) is 8.59. The average molecular weight is 174 g/mol. The highest BCUT2D eigenvalue weighted by Gasteiger charge is 2.08. The lowest BCUT2D eigenvalue weighted by Crippen LogP contribution is -2.00. The quantitative estimate of drug-likeness (QED) is 0.600. The van der Waals surface area contributed by atoms with Gasteiger partial charge < -0.3 is 4.40 Å². The molecule has 0 radical (unpaired) electrons. The summed E-state index contributed by atoms with van der Waals surface area (Å²) in [5.41, 5.74) is 6.38. The molecule has 0 bridgehead atoms. The van der Waals surface area contributed by atoms with Crippen molar-refractivity contribution >= 4 is 5.65 Å². The van der Waals surface area contributed by atoms with Crippen LogP contribution >= 0.6 is 0 Å². The molecule has 68 valence electrons. The maximum atomic E-state index is 4.34. The van der Waals surface area contributed by atoms with E-state index >= 15 is 0 Å². The lowest BCUT2D eigenvalue weighted by molar-refractivity contribution is 1.03. The first-order valence-electron chi connectivity index (χ1n) is 4.52. The SMILES string of the molecule is Cc1c(C)c(C)n2ccnc2c1C. The molecule has 0 saturated heterocycles. The maximum absolute atomic E-state index is 4.34. The molecule has 2 aromatic rings. The number of fused-ring (bicyclic) bond motifs is 1. The molecule has 0 aliphatic heterocycles. The van der Waals surface area contributed by atoms with Gasteiger partial charge in [-0.3, -0.25) is 0 Å². The predicted molar refractivity (Wildman–Crippen MR) is 54.1 cm³/mol. The highest BCUT2D eigenvalue weighted by Crippen LogP contribution is 2.20. The highest BCUT2D eigenvalue weighted by atomic mass is 15.0. The summed E-state index contributed by atoms with van der Waals surface area (Å²) in [7, 11) is 0. The van der Waals surface area contributed by atoms with Crippen molar-refractivity contribution in [3.05, 3.63) is 34.8 Å². The third kappa shape index (κ3) is 0.981. The third-order valence-electron chi connectivity index (χ3n) is 3.01. The Morgan fingerprint density at radius 3 is 2.38 bits per heavy atom. The Kier molecular flexibility index (Phi) is 1.65. The third-order valence-corrected chi connectivity index (χ3v) is 3.01. The number of rotatable bonds is 0. The van der Waals surface area contributed by atoms with Crippen LogP contribution in [0, 0.1) is 27.7 Å². The molecule has 0 fully saturated rings. The van der Waals surface area contributed by atoms with Crippen LogP contribution in [-0.2, 0) is 0 Å². The van der Waals surface area contributed by atoms with E-state index < -0.39 is 0 Å². The second kappa shape index (κ2) is 2.59. The van der Waals surface area contributed by atoms with Crippen molar-refractivity contribution in [3.8, 4) is 0 Å². The smallest absolute Gasteiger partial charge is 0.140 e. The normalized spacial score (nSPS) is 11.1. The molecule has 2 rings (SSSR count). The Balaban J connectivity index is 3.02. The highest BCUT2D eigenvalue weighted by molar-refractivity contribution is 5.55. The van der Waals surface area contributed by atoms with E-state index in [1.54, 1.807) is 0 Å². The Hall–Kier alpha value is -1.31. The van der Waals surface area contributed by atoms with Crippen molar-refractivity contribution in [2.24, 2.45) is 0 Å². The van der Waals surface area contributed by atoms with Gasteiger partial charge in [-0.1, -0.05) is 0 Å². The van der Waals surface area contributed by atoms with Gasteiger partial charge in [-0.2, -0.15) is 0 Å². The van der Waals surface area contributed by atoms with E-state index in [0.717, 1.165) is 5.65 Å². The fourth-order valence-corrected chi connectivity index (χ4v) is 1.75. The molecule has 13 heavy (non-hydrogen) atoms. The average Bonchev–Trinajstić information content (AvgIpc) is 2.59. The number of aryl methyl sites for hydroxylation is 2. The van der Waals surface area contributed by atoms with Gasteiger partial charge in [0.25, 0.3) is 0 Å². The van der Waals surface area contributed by atoms with Crippen molar-refractivity contribution in [1.29, 1.82) is 0 Å². The summed E-state index contributed by atoms with van der Waals surface area (Å²) in [6, 6.07) is 0. The molecule has 0 saturated carbocycles. The lowest BCUT2D eigenvalue weighted by Gasteiger charge is -2.11. The van der Waals surface area contributed by atoms with Crippen molar-refractivity contribution in [3.63, 3.8) is 0 Å². The fourth-order valence-electron chi connectivity index (χ4n) is 1.75. The molecule has 0 atom stereocenters. The monoisotopic (exact) mass is 174 g/mol. The zero-order valence-electron chi connectivity index (χ0n) is 8.55. The molecule has 0 N–H and O–H groups in total. The van der Waals surface area contributed by atoms with Crippen LogP contribution in [0.3, 0.4) is 0 Å². The van der Waals surface area contributed by atoms with Crippen molar-refractivity contribution in [1.82, 2.24) is 9.38 Å². The van der Waals surface area contributed by atoms with Crippen LogP contribution in [0.25, 0.3) is 5.65 Å². The summed E-state index contributed by atoms with van der Waals surface area (Å²) < 4.78 is 2.15. The van der Waals surface area contributed by atoms with E-state index in [0.29, 0.717) is 0 Å². The summed E-state index contributed by atoms with van der Waals surface area (Å²) >= 11 is 0. The van der Waals surface area contributed by atoms with Gasteiger partial charge in [0.05, 0.1) is 0 Å². The summed E-state index contributed by atoms with van der Waals surface area (Å²) in [4.78, 5) is 4.34. The number of hydrogen-bond donors (Lipinski definition) is 0. The first-order chi connectivity index (χ1) is 6.13. The Bertz CT molecular complexity index is 424. The molecule has 2 heteroatoms. The number of hydrogen-bond acceptors (Lipinski definition) is 1. The largest absolute Gasteiger partial charge is 0.304 e. The molecular formula is C11H14N2. The Labute approximate surface area is 78.2 Å². The minimum absolute atomic E-state index is 1.08. The van der Waals surface area contributed by atoms with Gasteiger partial charge in [0, 0.05) is 18.1 Å². The number of pyridine rings is 1. The van der Waals surface area contributed by atoms with E-state index in [2.05, 4.69) is 37.1 Å². The van der Waals surface area contributed by atoms with Crippen LogP contribution < -0.4 is 0 Å². The second-order valence-corrected chi connectivity index (χ2v) is 3.58. The minimum Gasteiger partial charge on any atom is -0.304 e. The lowest BCUT2D eigenvalue weighted by atomic mass is 10.0. The van der Waals surface area contributed by atoms with Gasteiger partial charge >= 0.3 is 0 Å². The first kappa shape index (κ1) is 8.30. The van der Waals surface area contributed by atoms with Crippen LogP contribution in [-0.4, -0.2) is 9.38 Å². The van der Waals surface area contributed by atoms with Gasteiger partial charge in [0.15, 0.2) is 0 Å². The molecule has 0 aliphatic carbocycles. The number of nitrogens with zero attached hydrogens (tertiary/aromatic N) is 2. The van der Waals surface area contributed by atoms with Gasteiger partial charge in [0.1, 0.15) is 5.65 Å². The van der Waals surface area contributed by atoms with E-state index in [9.17, 15) is 0 Å². The zero-order chi connectivity index (χ0) is 9.59. The van der Waals surface area contributed by atoms with Crippen molar-refractivity contribution < 1.29 is 0 Å². The van der Waals surface area contributed by atoms with Crippen LogP contribution in [0.15, 0.2) is 12.4 Å². The summed E-state index contributed by atoms with van der Waals surface area (Å²) in [6.07, 6.45) is 3.87. The van der Waals surface area contributed by atoms with Crippen molar-refractivity contribution in [2.75, 3.05) is 0 Å². The molecular weight excluding hydrogens is 160 g/mol. The van der Waals surface area contributed by atoms with Crippen LogP contribution in [0.2, 0.25) is 0 Å². The predicted octanol–water partition coefficient (Wildman–Crippen LogP) is 2.57. The maximum Gasteiger partial charge on any atom is 0.140 e. The van der Waals surface area contributed by atoms with E-state index in [-0.39, 0.29) is 0 Å².